The van der Waals surface area contributed by atoms with E-state index in [2.05, 4.69) is 15.2 Å². The van der Waals surface area contributed by atoms with Gasteiger partial charge in [0.2, 0.25) is 0 Å². The molecule has 0 spiro atoms. The molecule has 0 atom stereocenters. The van der Waals surface area contributed by atoms with E-state index in [4.69, 9.17) is 5.26 Å². The summed E-state index contributed by atoms with van der Waals surface area (Å²) >= 11 is 0. The minimum Gasteiger partial charge on any atom is -0.351 e. The van der Waals surface area contributed by atoms with Crippen molar-refractivity contribution >= 4 is 16.8 Å². The summed E-state index contributed by atoms with van der Waals surface area (Å²) in [4.78, 5) is 14.3. The zero-order chi connectivity index (χ0) is 10.8. The largest absolute Gasteiger partial charge is 0.351 e. The molecule has 15 heavy (non-hydrogen) atoms. The normalized spacial score (nSPS) is 10.1. The molecule has 0 aromatic carbocycles. The first-order valence-corrected chi connectivity index (χ1v) is 4.44. The number of ketones is 1. The van der Waals surface area contributed by atoms with E-state index in [9.17, 15) is 4.79 Å². The van der Waals surface area contributed by atoms with Crippen LogP contribution in [0.2, 0.25) is 0 Å². The Kier molecular flexibility index (Phi) is 2.18. The number of hydrogen-bond donors (Lipinski definition) is 1. The van der Waals surface area contributed by atoms with Crippen LogP contribution in [0.25, 0.3) is 11.0 Å². The van der Waals surface area contributed by atoms with Crippen LogP contribution in [0.5, 0.6) is 0 Å². The van der Waals surface area contributed by atoms with Crippen molar-refractivity contribution in [1.82, 2.24) is 15.2 Å². The molecule has 5 heteroatoms. The molecule has 0 saturated heterocycles. The van der Waals surface area contributed by atoms with Crippen LogP contribution in [0.4, 0.5) is 0 Å². The van der Waals surface area contributed by atoms with Crippen LogP contribution in [0.1, 0.15) is 22.6 Å². The third kappa shape index (κ3) is 1.70. The highest BCUT2D eigenvalue weighted by Gasteiger charge is 2.09. The van der Waals surface area contributed by atoms with Gasteiger partial charge in [-0.2, -0.15) is 10.4 Å². The SMILES string of the molecule is Cc1cc2[nH]c(C(=O)CC#N)cc2nn1. The Morgan fingerprint density at radius 1 is 1.53 bits per heavy atom. The maximum Gasteiger partial charge on any atom is 0.193 e. The first-order chi connectivity index (χ1) is 7.20. The zero-order valence-electron chi connectivity index (χ0n) is 8.11. The lowest BCUT2D eigenvalue weighted by Gasteiger charge is -1.89. The Morgan fingerprint density at radius 2 is 2.33 bits per heavy atom. The van der Waals surface area contributed by atoms with Gasteiger partial charge < -0.3 is 4.98 Å². The summed E-state index contributed by atoms with van der Waals surface area (Å²) in [5.74, 6) is -0.229. The van der Waals surface area contributed by atoms with Gasteiger partial charge in [-0.1, -0.05) is 0 Å². The minimum atomic E-state index is -0.229. The number of aromatic nitrogens is 3. The first kappa shape index (κ1) is 9.34. The molecule has 1 N–H and O–H groups in total. The number of aromatic amines is 1. The van der Waals surface area contributed by atoms with Gasteiger partial charge in [-0.3, -0.25) is 4.79 Å². The highest BCUT2D eigenvalue weighted by Crippen LogP contribution is 2.13. The van der Waals surface area contributed by atoms with Gasteiger partial charge in [0.25, 0.3) is 0 Å². The van der Waals surface area contributed by atoms with Crippen LogP contribution in [0.15, 0.2) is 12.1 Å². The third-order valence-electron chi connectivity index (χ3n) is 2.04. The topological polar surface area (TPSA) is 82.4 Å². The maximum absolute atomic E-state index is 11.4. The summed E-state index contributed by atoms with van der Waals surface area (Å²) in [5.41, 5.74) is 2.60. The van der Waals surface area contributed by atoms with E-state index >= 15 is 0 Å². The van der Waals surface area contributed by atoms with Crippen LogP contribution in [-0.4, -0.2) is 21.0 Å². The molecule has 0 radical (unpaired) electrons. The predicted molar refractivity (Wildman–Crippen MR) is 53.2 cm³/mol. The van der Waals surface area contributed by atoms with Crippen molar-refractivity contribution in [3.63, 3.8) is 0 Å². The summed E-state index contributed by atoms with van der Waals surface area (Å²) < 4.78 is 0. The molecule has 0 unspecified atom stereocenters. The van der Waals surface area contributed by atoms with Crippen LogP contribution in [0, 0.1) is 18.3 Å². The van der Waals surface area contributed by atoms with Crippen molar-refractivity contribution < 1.29 is 4.79 Å². The lowest BCUT2D eigenvalue weighted by molar-refractivity contribution is 0.0994. The second kappa shape index (κ2) is 3.50. The van der Waals surface area contributed by atoms with Gasteiger partial charge in [-0.15, -0.1) is 5.10 Å². The molecular formula is C10H8N4O. The monoisotopic (exact) mass is 200 g/mol. The molecule has 0 aliphatic heterocycles. The maximum atomic E-state index is 11.4. The number of fused-ring (bicyclic) bond motifs is 1. The number of rotatable bonds is 2. The summed E-state index contributed by atoms with van der Waals surface area (Å²) in [6, 6.07) is 5.24. The first-order valence-electron chi connectivity index (χ1n) is 4.44. The zero-order valence-corrected chi connectivity index (χ0v) is 8.11. The molecule has 0 bridgehead atoms. The Balaban J connectivity index is 2.48. The van der Waals surface area contributed by atoms with Gasteiger partial charge in [0.1, 0.15) is 11.9 Å². The Bertz CT molecular complexity index is 564. The number of nitrogens with one attached hydrogen (secondary N) is 1. The average molecular weight is 200 g/mol. The Morgan fingerprint density at radius 3 is 3.07 bits per heavy atom. The molecule has 0 saturated carbocycles. The molecule has 2 rings (SSSR count). The van der Waals surface area contributed by atoms with Crippen molar-refractivity contribution in [1.29, 1.82) is 5.26 Å². The number of nitriles is 1. The van der Waals surface area contributed by atoms with Crippen LogP contribution < -0.4 is 0 Å². The molecule has 2 aromatic heterocycles. The second-order valence-electron chi connectivity index (χ2n) is 3.23. The van der Waals surface area contributed by atoms with Gasteiger partial charge >= 0.3 is 0 Å². The lowest BCUT2D eigenvalue weighted by Crippen LogP contribution is -1.96. The van der Waals surface area contributed by atoms with Gasteiger partial charge in [-0.05, 0) is 19.1 Å². The molecule has 74 valence electrons. The number of Topliss-reactive ketones (excluding diaryl/α,β-unsaturated/α-hetero) is 1. The number of aryl methyl sites for hydroxylation is 1. The van der Waals surface area contributed by atoms with Crippen LogP contribution >= 0.6 is 0 Å². The van der Waals surface area contributed by atoms with E-state index < -0.39 is 0 Å². The Hall–Kier alpha value is -2.22. The number of carbonyl (C=O) groups excluding carboxylic acids is 1. The molecule has 0 fully saturated rings. The second-order valence-corrected chi connectivity index (χ2v) is 3.23. The fourth-order valence-corrected chi connectivity index (χ4v) is 1.34. The number of hydrogen-bond acceptors (Lipinski definition) is 4. The fraction of sp³-hybridized carbons (Fsp3) is 0.200. The van der Waals surface area contributed by atoms with Crippen molar-refractivity contribution in [2.24, 2.45) is 0 Å². The molecular weight excluding hydrogens is 192 g/mol. The summed E-state index contributed by atoms with van der Waals surface area (Å²) in [6.45, 7) is 1.82. The van der Waals surface area contributed by atoms with E-state index in [0.717, 1.165) is 11.2 Å². The third-order valence-corrected chi connectivity index (χ3v) is 2.04. The van der Waals surface area contributed by atoms with E-state index in [1.54, 1.807) is 6.07 Å². The number of carbonyl (C=O) groups is 1. The predicted octanol–water partition coefficient (Wildman–Crippen LogP) is 1.36. The van der Waals surface area contributed by atoms with Crippen LogP contribution in [-0.2, 0) is 0 Å². The summed E-state index contributed by atoms with van der Waals surface area (Å²) in [5, 5.41) is 16.2. The molecule has 0 aliphatic carbocycles. The van der Waals surface area contributed by atoms with Crippen molar-refractivity contribution in [3.05, 3.63) is 23.5 Å². The van der Waals surface area contributed by atoms with Crippen LogP contribution in [0.3, 0.4) is 0 Å². The van der Waals surface area contributed by atoms with Gasteiger partial charge in [0.05, 0.1) is 23.0 Å². The molecule has 0 aliphatic rings. The fourth-order valence-electron chi connectivity index (χ4n) is 1.34. The van der Waals surface area contributed by atoms with Crippen molar-refractivity contribution in [2.45, 2.75) is 13.3 Å². The molecule has 2 heterocycles. The van der Waals surface area contributed by atoms with E-state index in [1.807, 2.05) is 19.1 Å². The minimum absolute atomic E-state index is 0.126. The Labute approximate surface area is 85.7 Å². The van der Waals surface area contributed by atoms with E-state index in [-0.39, 0.29) is 12.2 Å². The highest BCUT2D eigenvalue weighted by atomic mass is 16.1. The lowest BCUT2D eigenvalue weighted by atomic mass is 10.2. The average Bonchev–Trinajstić information content (AvgIpc) is 2.60. The molecule has 5 nitrogen and oxygen atoms in total. The number of nitrogens with zero attached hydrogens (tertiary/aromatic N) is 3. The van der Waals surface area contributed by atoms with Gasteiger partial charge in [-0.25, -0.2) is 0 Å². The smallest absolute Gasteiger partial charge is 0.193 e. The van der Waals surface area contributed by atoms with Crippen molar-refractivity contribution in [2.75, 3.05) is 0 Å². The van der Waals surface area contributed by atoms with Gasteiger partial charge in [0, 0.05) is 0 Å². The summed E-state index contributed by atoms with van der Waals surface area (Å²) in [7, 11) is 0. The van der Waals surface area contributed by atoms with E-state index in [1.165, 1.54) is 0 Å². The summed E-state index contributed by atoms with van der Waals surface area (Å²) in [6.07, 6.45) is -0.126. The van der Waals surface area contributed by atoms with Crippen molar-refractivity contribution in [3.8, 4) is 6.07 Å². The quantitative estimate of drug-likeness (QED) is 0.742. The number of H-pyrrole nitrogens is 1. The highest BCUT2D eigenvalue weighted by molar-refractivity contribution is 5.99. The van der Waals surface area contributed by atoms with E-state index in [0.29, 0.717) is 11.2 Å². The molecule has 0 amide bonds. The molecule has 2 aromatic rings. The van der Waals surface area contributed by atoms with Gasteiger partial charge in [0.15, 0.2) is 5.78 Å². The standard InChI is InChI=1S/C10H8N4O/c1-6-4-7-8(14-13-6)5-9(12-7)10(15)2-3-11/h4-5,12H,2H2,1H3.